The summed E-state index contributed by atoms with van der Waals surface area (Å²) in [5.41, 5.74) is -0.822. The molecule has 0 spiro atoms. The van der Waals surface area contributed by atoms with Crippen molar-refractivity contribution in [3.63, 3.8) is 0 Å². The second kappa shape index (κ2) is 7.93. The van der Waals surface area contributed by atoms with Crippen LogP contribution in [0.3, 0.4) is 0 Å². The van der Waals surface area contributed by atoms with Crippen LogP contribution in [-0.2, 0) is 14.3 Å². The Labute approximate surface area is 165 Å². The Kier molecular flexibility index (Phi) is 5.54. The first kappa shape index (κ1) is 21.0. The number of carbonyl (C=O) groups excluding carboxylic acids is 2. The first-order valence-electron chi connectivity index (χ1n) is 8.48. The van der Waals surface area contributed by atoms with Crippen LogP contribution in [0, 0.1) is 0 Å². The van der Waals surface area contributed by atoms with E-state index in [-0.39, 0.29) is 23.5 Å². The molecular formula is C17H14F3N5O5. The lowest BCUT2D eigenvalue weighted by molar-refractivity contribution is -0.274. The maximum atomic E-state index is 12.7. The van der Waals surface area contributed by atoms with Gasteiger partial charge in [0.1, 0.15) is 12.1 Å². The first-order chi connectivity index (χ1) is 14.1. The van der Waals surface area contributed by atoms with Gasteiger partial charge in [-0.05, 0) is 38.1 Å². The van der Waals surface area contributed by atoms with Crippen molar-refractivity contribution < 1.29 is 32.2 Å². The molecule has 1 atom stereocenters. The van der Waals surface area contributed by atoms with Gasteiger partial charge in [0.15, 0.2) is 23.0 Å². The average Bonchev–Trinajstić information content (AvgIpc) is 3.08. The first-order valence-corrected chi connectivity index (χ1v) is 8.48. The lowest BCUT2D eigenvalue weighted by Crippen LogP contribution is -2.35. The Morgan fingerprint density at radius 2 is 1.87 bits per heavy atom. The zero-order valence-corrected chi connectivity index (χ0v) is 15.6. The molecule has 158 valence electrons. The van der Waals surface area contributed by atoms with E-state index in [0.29, 0.717) is 0 Å². The van der Waals surface area contributed by atoms with Crippen LogP contribution in [0.2, 0.25) is 0 Å². The Bertz CT molecular complexity index is 1150. The number of Topliss-reactive ketones (excluding diaryl/α,β-unsaturated/α-hetero) is 1. The normalized spacial score (nSPS) is 12.6. The summed E-state index contributed by atoms with van der Waals surface area (Å²) in [4.78, 5) is 40.7. The van der Waals surface area contributed by atoms with Gasteiger partial charge < -0.3 is 9.47 Å². The third-order valence-corrected chi connectivity index (χ3v) is 3.88. The van der Waals surface area contributed by atoms with Gasteiger partial charge in [-0.2, -0.15) is 4.68 Å². The largest absolute Gasteiger partial charge is 0.573 e. The molecule has 2 aromatic heterocycles. The van der Waals surface area contributed by atoms with Gasteiger partial charge in [-0.25, -0.2) is 9.78 Å². The molecule has 0 aliphatic heterocycles. The maximum Gasteiger partial charge on any atom is 0.573 e. The van der Waals surface area contributed by atoms with Crippen molar-refractivity contribution in [3.8, 4) is 11.4 Å². The Hall–Kier alpha value is -3.77. The molecule has 3 rings (SSSR count). The number of hydrogen-bond donors (Lipinski definition) is 0. The summed E-state index contributed by atoms with van der Waals surface area (Å²) in [5, 5.41) is 7.51. The number of aromatic nitrogens is 5. The number of ether oxygens (including phenoxy) is 2. The van der Waals surface area contributed by atoms with Gasteiger partial charge in [0.05, 0.1) is 12.3 Å². The highest BCUT2D eigenvalue weighted by atomic mass is 19.4. The third-order valence-electron chi connectivity index (χ3n) is 3.88. The number of benzene rings is 1. The highest BCUT2D eigenvalue weighted by Gasteiger charge is 2.31. The van der Waals surface area contributed by atoms with E-state index in [4.69, 9.17) is 4.74 Å². The van der Waals surface area contributed by atoms with E-state index >= 15 is 0 Å². The number of halogens is 3. The number of carbonyl (C=O) groups is 2. The number of fused-ring (bicyclic) bond motifs is 1. The molecule has 0 aliphatic carbocycles. The Balaban J connectivity index is 2.01. The third kappa shape index (κ3) is 4.14. The van der Waals surface area contributed by atoms with E-state index in [1.807, 2.05) is 0 Å². The lowest BCUT2D eigenvalue weighted by Gasteiger charge is -2.14. The molecule has 3 aromatic rings. The molecule has 1 aromatic carbocycles. The van der Waals surface area contributed by atoms with Crippen LogP contribution in [0.15, 0.2) is 35.4 Å². The van der Waals surface area contributed by atoms with Crippen LogP contribution in [0.1, 0.15) is 19.9 Å². The highest BCUT2D eigenvalue weighted by Crippen LogP contribution is 2.24. The quantitative estimate of drug-likeness (QED) is 0.431. The molecule has 30 heavy (non-hydrogen) atoms. The summed E-state index contributed by atoms with van der Waals surface area (Å²) in [6.07, 6.45) is -3.85. The van der Waals surface area contributed by atoms with Crippen molar-refractivity contribution in [2.75, 3.05) is 6.61 Å². The van der Waals surface area contributed by atoms with Gasteiger partial charge in [0.25, 0.3) is 5.56 Å². The Morgan fingerprint density at radius 3 is 2.43 bits per heavy atom. The van der Waals surface area contributed by atoms with Crippen molar-refractivity contribution in [2.45, 2.75) is 26.3 Å². The van der Waals surface area contributed by atoms with Gasteiger partial charge in [0, 0.05) is 0 Å². The second-order valence-electron chi connectivity index (χ2n) is 5.94. The summed E-state index contributed by atoms with van der Waals surface area (Å²) in [6.45, 7) is 2.69. The predicted molar refractivity (Wildman–Crippen MR) is 94.0 cm³/mol. The van der Waals surface area contributed by atoms with Crippen LogP contribution in [0.5, 0.6) is 5.75 Å². The smallest absolute Gasteiger partial charge is 0.464 e. The zero-order chi connectivity index (χ0) is 22.1. The minimum absolute atomic E-state index is 0.0112. The molecule has 0 N–H and O–H groups in total. The topological polar surface area (TPSA) is 118 Å². The molecule has 2 heterocycles. The zero-order valence-electron chi connectivity index (χ0n) is 15.6. The van der Waals surface area contributed by atoms with Gasteiger partial charge in [-0.15, -0.1) is 18.3 Å². The lowest BCUT2D eigenvalue weighted by atomic mass is 10.2. The number of hydrogen-bond acceptors (Lipinski definition) is 8. The summed E-state index contributed by atoms with van der Waals surface area (Å²) < 4.78 is 47.4. The molecular weight excluding hydrogens is 411 g/mol. The van der Waals surface area contributed by atoms with Crippen molar-refractivity contribution in [2.24, 2.45) is 0 Å². The number of nitrogens with zero attached hydrogens (tertiary/aromatic N) is 5. The molecule has 0 radical (unpaired) electrons. The number of alkyl halides is 3. The highest BCUT2D eigenvalue weighted by molar-refractivity contribution is 6.00. The molecule has 0 aliphatic rings. The van der Waals surface area contributed by atoms with E-state index < -0.39 is 35.5 Å². The van der Waals surface area contributed by atoms with E-state index in [1.165, 1.54) is 12.1 Å². The fourth-order valence-corrected chi connectivity index (χ4v) is 2.67. The minimum Gasteiger partial charge on any atom is -0.464 e. The van der Waals surface area contributed by atoms with Gasteiger partial charge >= 0.3 is 12.3 Å². The molecule has 0 saturated carbocycles. The van der Waals surface area contributed by atoms with Crippen molar-refractivity contribution >= 4 is 22.9 Å². The average molecular weight is 425 g/mol. The number of ketones is 1. The molecule has 0 saturated heterocycles. The predicted octanol–water partition coefficient (Wildman–Crippen LogP) is 1.57. The van der Waals surface area contributed by atoms with Crippen molar-refractivity contribution in [3.05, 3.63) is 40.9 Å². The molecule has 0 fully saturated rings. The summed E-state index contributed by atoms with van der Waals surface area (Å²) >= 11 is 0. The van der Waals surface area contributed by atoms with Crippen LogP contribution in [0.4, 0.5) is 13.2 Å². The van der Waals surface area contributed by atoms with Gasteiger partial charge in [0.2, 0.25) is 0 Å². The summed E-state index contributed by atoms with van der Waals surface area (Å²) in [6, 6.07) is 3.12. The fraction of sp³-hybridized carbons (Fsp3) is 0.294. The fourth-order valence-electron chi connectivity index (χ4n) is 2.67. The van der Waals surface area contributed by atoms with Crippen LogP contribution in [0.25, 0.3) is 16.9 Å². The standard InChI is InChI=1S/C17H14F3N5O5/c1-3-29-16(28)13(9(2)26)24-8-21-14-12(15(24)27)22-23-25(14)10-4-6-11(7-5-10)30-17(18,19)20/h4-8,13H,3H2,1-2H3. The number of esters is 1. The van der Waals surface area contributed by atoms with Crippen LogP contribution >= 0.6 is 0 Å². The van der Waals surface area contributed by atoms with Crippen LogP contribution < -0.4 is 10.3 Å². The second-order valence-corrected chi connectivity index (χ2v) is 5.94. The number of rotatable bonds is 6. The van der Waals surface area contributed by atoms with E-state index in [9.17, 15) is 27.6 Å². The molecule has 13 heteroatoms. The molecule has 0 amide bonds. The van der Waals surface area contributed by atoms with E-state index in [1.54, 1.807) is 6.92 Å². The van der Waals surface area contributed by atoms with E-state index in [0.717, 1.165) is 34.6 Å². The monoisotopic (exact) mass is 425 g/mol. The molecule has 10 nitrogen and oxygen atoms in total. The maximum absolute atomic E-state index is 12.7. The minimum atomic E-state index is -4.83. The summed E-state index contributed by atoms with van der Waals surface area (Å²) in [7, 11) is 0. The SMILES string of the molecule is CCOC(=O)C(C(C)=O)n1cnc2c(nnn2-c2ccc(OC(F)(F)F)cc2)c1=O. The van der Waals surface area contributed by atoms with Crippen molar-refractivity contribution in [1.29, 1.82) is 0 Å². The van der Waals surface area contributed by atoms with Crippen molar-refractivity contribution in [1.82, 2.24) is 24.5 Å². The van der Waals surface area contributed by atoms with Gasteiger partial charge in [-0.1, -0.05) is 5.21 Å². The molecule has 1 unspecified atom stereocenters. The summed E-state index contributed by atoms with van der Waals surface area (Å²) in [5.74, 6) is -1.99. The van der Waals surface area contributed by atoms with Crippen LogP contribution in [-0.4, -0.2) is 49.3 Å². The van der Waals surface area contributed by atoms with E-state index in [2.05, 4.69) is 20.0 Å². The van der Waals surface area contributed by atoms with Gasteiger partial charge in [-0.3, -0.25) is 14.2 Å². The molecule has 0 bridgehead atoms. The Morgan fingerprint density at radius 1 is 1.20 bits per heavy atom.